The molecule has 0 saturated heterocycles. The molecule has 1 aliphatic heterocycles. The minimum Gasteiger partial charge on any atom is -0.494 e. The summed E-state index contributed by atoms with van der Waals surface area (Å²) in [5, 5.41) is 3.50. The van der Waals surface area contributed by atoms with E-state index in [4.69, 9.17) is 4.74 Å². The van der Waals surface area contributed by atoms with Crippen molar-refractivity contribution in [3.05, 3.63) is 29.8 Å². The van der Waals surface area contributed by atoms with Crippen molar-refractivity contribution in [1.29, 1.82) is 0 Å². The Kier molecular flexibility index (Phi) is 3.83. The quantitative estimate of drug-likeness (QED) is 0.857. The van der Waals surface area contributed by atoms with Crippen molar-refractivity contribution in [1.82, 2.24) is 0 Å². The lowest BCUT2D eigenvalue weighted by atomic mass is 9.91. The Morgan fingerprint density at radius 3 is 2.65 bits per heavy atom. The second kappa shape index (κ2) is 4.80. The Morgan fingerprint density at radius 2 is 2.00 bits per heavy atom. The second-order valence-electron chi connectivity index (χ2n) is 4.81. The van der Waals surface area contributed by atoms with Crippen LogP contribution in [0.1, 0.15) is 33.3 Å². The molecule has 0 radical (unpaired) electrons. The van der Waals surface area contributed by atoms with Crippen molar-refractivity contribution in [2.45, 2.75) is 33.2 Å². The summed E-state index contributed by atoms with van der Waals surface area (Å²) < 4.78 is 5.52. The molecule has 2 rings (SSSR count). The fourth-order valence-corrected chi connectivity index (χ4v) is 2.22. The van der Waals surface area contributed by atoms with E-state index in [1.165, 1.54) is 16.8 Å². The Morgan fingerprint density at radius 1 is 1.29 bits per heavy atom. The maximum Gasteiger partial charge on any atom is 0.120 e. The first-order chi connectivity index (χ1) is 7.52. The lowest BCUT2D eigenvalue weighted by Crippen LogP contribution is -2.31. The standard InChI is InChI=1S/C14H19NO.H2O/c1-5-16-11-6-7-13-12(8-11)10(2)9-14(3,4)15-13;/h6-9,15H,5H2,1-4H3;1H2. The molecule has 17 heavy (non-hydrogen) atoms. The number of rotatable bonds is 2. The molecule has 0 unspecified atom stereocenters. The molecule has 3 heteroatoms. The SMILES string of the molecule is CCOc1ccc2c(c1)C(C)=CC(C)(C)N2.O. The minimum atomic E-state index is 0. The first-order valence-corrected chi connectivity index (χ1v) is 5.77. The average molecular weight is 235 g/mol. The van der Waals surface area contributed by atoms with Crippen LogP contribution in [0.15, 0.2) is 24.3 Å². The molecule has 94 valence electrons. The van der Waals surface area contributed by atoms with E-state index in [0.29, 0.717) is 6.61 Å². The van der Waals surface area contributed by atoms with Crippen LogP contribution in [0.4, 0.5) is 5.69 Å². The zero-order chi connectivity index (χ0) is 11.8. The molecular formula is C14H21NO2. The summed E-state index contributed by atoms with van der Waals surface area (Å²) in [6.07, 6.45) is 2.26. The van der Waals surface area contributed by atoms with Gasteiger partial charge in [0.25, 0.3) is 0 Å². The zero-order valence-corrected chi connectivity index (χ0v) is 10.9. The molecule has 1 aliphatic rings. The Hall–Kier alpha value is -1.48. The number of fused-ring (bicyclic) bond motifs is 1. The van der Waals surface area contributed by atoms with Gasteiger partial charge in [0.1, 0.15) is 5.75 Å². The predicted octanol–water partition coefficient (Wildman–Crippen LogP) is 2.87. The third-order valence-corrected chi connectivity index (χ3v) is 2.76. The largest absolute Gasteiger partial charge is 0.494 e. The van der Waals surface area contributed by atoms with Crippen molar-refractivity contribution in [3.63, 3.8) is 0 Å². The van der Waals surface area contributed by atoms with Gasteiger partial charge in [0.2, 0.25) is 0 Å². The monoisotopic (exact) mass is 235 g/mol. The summed E-state index contributed by atoms with van der Waals surface area (Å²) in [5.74, 6) is 0.940. The number of hydrogen-bond acceptors (Lipinski definition) is 2. The summed E-state index contributed by atoms with van der Waals surface area (Å²) in [5.41, 5.74) is 3.77. The Bertz CT molecular complexity index is 436. The van der Waals surface area contributed by atoms with Gasteiger partial charge in [0.15, 0.2) is 0 Å². The first kappa shape index (κ1) is 13.6. The second-order valence-corrected chi connectivity index (χ2v) is 4.81. The van der Waals surface area contributed by atoms with Crippen LogP contribution in [0, 0.1) is 0 Å². The number of benzene rings is 1. The maximum atomic E-state index is 5.52. The number of ether oxygens (including phenoxy) is 1. The maximum absolute atomic E-state index is 5.52. The van der Waals surface area contributed by atoms with Crippen LogP contribution < -0.4 is 10.1 Å². The van der Waals surface area contributed by atoms with Gasteiger partial charge < -0.3 is 15.5 Å². The highest BCUT2D eigenvalue weighted by atomic mass is 16.5. The van der Waals surface area contributed by atoms with Crippen LogP contribution in [0.3, 0.4) is 0 Å². The van der Waals surface area contributed by atoms with Crippen LogP contribution >= 0.6 is 0 Å². The van der Waals surface area contributed by atoms with Gasteiger partial charge in [-0.15, -0.1) is 0 Å². The first-order valence-electron chi connectivity index (χ1n) is 5.77. The predicted molar refractivity (Wildman–Crippen MR) is 72.6 cm³/mol. The number of nitrogens with one attached hydrogen (secondary N) is 1. The van der Waals surface area contributed by atoms with Gasteiger partial charge in [0.05, 0.1) is 12.1 Å². The summed E-state index contributed by atoms with van der Waals surface area (Å²) >= 11 is 0. The summed E-state index contributed by atoms with van der Waals surface area (Å²) in [6.45, 7) is 9.22. The van der Waals surface area contributed by atoms with Crippen LogP contribution in [0.5, 0.6) is 5.75 Å². The smallest absolute Gasteiger partial charge is 0.120 e. The lowest BCUT2D eigenvalue weighted by molar-refractivity contribution is 0.340. The number of allylic oxidation sites excluding steroid dienone is 1. The normalized spacial score (nSPS) is 16.1. The van der Waals surface area contributed by atoms with Gasteiger partial charge in [0, 0.05) is 11.3 Å². The number of anilines is 1. The lowest BCUT2D eigenvalue weighted by Gasteiger charge is -2.31. The van der Waals surface area contributed by atoms with Crippen molar-refractivity contribution < 1.29 is 10.2 Å². The molecule has 0 saturated carbocycles. The van der Waals surface area contributed by atoms with E-state index in [0.717, 1.165) is 5.75 Å². The molecule has 3 N–H and O–H groups in total. The molecule has 3 nitrogen and oxygen atoms in total. The minimum absolute atomic E-state index is 0. The number of hydrogen-bond donors (Lipinski definition) is 1. The van der Waals surface area contributed by atoms with Crippen LogP contribution in [0.2, 0.25) is 0 Å². The van der Waals surface area contributed by atoms with Gasteiger partial charge in [-0.2, -0.15) is 0 Å². The van der Waals surface area contributed by atoms with Crippen LogP contribution in [0.25, 0.3) is 5.57 Å². The van der Waals surface area contributed by atoms with E-state index in [2.05, 4.69) is 44.3 Å². The van der Waals surface area contributed by atoms with Crippen LogP contribution in [-0.4, -0.2) is 17.6 Å². The van der Waals surface area contributed by atoms with Crippen molar-refractivity contribution in [2.24, 2.45) is 0 Å². The molecule has 0 amide bonds. The van der Waals surface area contributed by atoms with E-state index < -0.39 is 0 Å². The topological polar surface area (TPSA) is 52.8 Å². The fraction of sp³-hybridized carbons (Fsp3) is 0.429. The zero-order valence-electron chi connectivity index (χ0n) is 10.9. The van der Waals surface area contributed by atoms with Crippen molar-refractivity contribution in [3.8, 4) is 5.75 Å². The molecular weight excluding hydrogens is 214 g/mol. The van der Waals surface area contributed by atoms with Gasteiger partial charge in [-0.1, -0.05) is 6.08 Å². The highest BCUT2D eigenvalue weighted by Crippen LogP contribution is 2.35. The third-order valence-electron chi connectivity index (χ3n) is 2.76. The molecule has 1 aromatic rings. The molecule has 0 aromatic heterocycles. The summed E-state index contributed by atoms with van der Waals surface area (Å²) in [4.78, 5) is 0. The molecule has 0 atom stereocenters. The Labute approximate surface area is 103 Å². The molecule has 0 spiro atoms. The molecule has 0 fully saturated rings. The fourth-order valence-electron chi connectivity index (χ4n) is 2.22. The molecule has 0 bridgehead atoms. The van der Waals surface area contributed by atoms with E-state index in [1.807, 2.05) is 13.0 Å². The van der Waals surface area contributed by atoms with Crippen LogP contribution in [-0.2, 0) is 0 Å². The molecule has 1 aromatic carbocycles. The van der Waals surface area contributed by atoms with E-state index in [9.17, 15) is 0 Å². The average Bonchev–Trinajstić information content (AvgIpc) is 2.18. The van der Waals surface area contributed by atoms with Gasteiger partial charge >= 0.3 is 0 Å². The van der Waals surface area contributed by atoms with Gasteiger partial charge in [-0.3, -0.25) is 0 Å². The van der Waals surface area contributed by atoms with E-state index in [-0.39, 0.29) is 11.0 Å². The third kappa shape index (κ3) is 2.80. The van der Waals surface area contributed by atoms with E-state index >= 15 is 0 Å². The summed E-state index contributed by atoms with van der Waals surface area (Å²) in [6, 6.07) is 6.22. The van der Waals surface area contributed by atoms with Crippen molar-refractivity contribution >= 4 is 11.3 Å². The summed E-state index contributed by atoms with van der Waals surface area (Å²) in [7, 11) is 0. The molecule has 0 aliphatic carbocycles. The highest BCUT2D eigenvalue weighted by Gasteiger charge is 2.22. The highest BCUT2D eigenvalue weighted by molar-refractivity contribution is 5.80. The van der Waals surface area contributed by atoms with Gasteiger partial charge in [-0.25, -0.2) is 0 Å². The van der Waals surface area contributed by atoms with E-state index in [1.54, 1.807) is 0 Å². The van der Waals surface area contributed by atoms with Crippen molar-refractivity contribution in [2.75, 3.05) is 11.9 Å². The molecule has 1 heterocycles. The Balaban J connectivity index is 0.00000144. The van der Waals surface area contributed by atoms with Gasteiger partial charge in [-0.05, 0) is 51.5 Å².